The first-order valence-electron chi connectivity index (χ1n) is 6.39. The van der Waals surface area contributed by atoms with E-state index in [0.29, 0.717) is 6.10 Å². The summed E-state index contributed by atoms with van der Waals surface area (Å²) in [6.07, 6.45) is 5.40. The van der Waals surface area contributed by atoms with Gasteiger partial charge in [0.05, 0.1) is 6.10 Å². The number of nitrogens with two attached hydrogens (primary N) is 1. The topological polar surface area (TPSA) is 38.5 Å². The van der Waals surface area contributed by atoms with Crippen LogP contribution in [0.15, 0.2) is 0 Å². The second-order valence-corrected chi connectivity index (χ2v) is 4.96. The lowest BCUT2D eigenvalue weighted by Crippen LogP contribution is -2.41. The summed E-state index contributed by atoms with van der Waals surface area (Å²) in [4.78, 5) is 2.64. The highest BCUT2D eigenvalue weighted by atomic mass is 16.5. The standard InChI is InChI=1S/C12H24N2O/c1-2-12-7-11(4-6-15-12)14-5-3-10(8-13)9-14/h10-12H,2-9,13H2,1H3. The van der Waals surface area contributed by atoms with E-state index in [-0.39, 0.29) is 0 Å². The molecule has 3 heteroatoms. The van der Waals surface area contributed by atoms with Crippen molar-refractivity contribution in [3.05, 3.63) is 0 Å². The van der Waals surface area contributed by atoms with Gasteiger partial charge >= 0.3 is 0 Å². The van der Waals surface area contributed by atoms with Crippen molar-refractivity contribution in [1.82, 2.24) is 4.90 Å². The minimum absolute atomic E-state index is 0.501. The van der Waals surface area contributed by atoms with Gasteiger partial charge in [0, 0.05) is 19.2 Å². The fourth-order valence-corrected chi connectivity index (χ4v) is 2.86. The molecule has 2 aliphatic rings. The van der Waals surface area contributed by atoms with Gasteiger partial charge in [-0.3, -0.25) is 4.90 Å². The third-order valence-electron chi connectivity index (χ3n) is 3.96. The molecule has 0 radical (unpaired) electrons. The molecule has 0 aromatic heterocycles. The average Bonchev–Trinajstić information content (AvgIpc) is 2.78. The van der Waals surface area contributed by atoms with Crippen LogP contribution in [0.2, 0.25) is 0 Å². The van der Waals surface area contributed by atoms with E-state index in [2.05, 4.69) is 11.8 Å². The third-order valence-corrected chi connectivity index (χ3v) is 3.96. The normalized spacial score (nSPS) is 38.4. The Bertz CT molecular complexity index is 198. The third kappa shape index (κ3) is 2.71. The van der Waals surface area contributed by atoms with E-state index in [9.17, 15) is 0 Å². The molecule has 0 aromatic carbocycles. The minimum Gasteiger partial charge on any atom is -0.378 e. The van der Waals surface area contributed by atoms with Gasteiger partial charge in [0.1, 0.15) is 0 Å². The van der Waals surface area contributed by atoms with Crippen molar-refractivity contribution in [2.45, 2.75) is 44.8 Å². The van der Waals surface area contributed by atoms with Crippen molar-refractivity contribution < 1.29 is 4.74 Å². The molecule has 3 unspecified atom stereocenters. The first kappa shape index (κ1) is 11.4. The fourth-order valence-electron chi connectivity index (χ4n) is 2.86. The van der Waals surface area contributed by atoms with Gasteiger partial charge in [-0.2, -0.15) is 0 Å². The summed E-state index contributed by atoms with van der Waals surface area (Å²) in [7, 11) is 0. The Balaban J connectivity index is 1.83. The molecule has 0 aliphatic carbocycles. The van der Waals surface area contributed by atoms with E-state index in [4.69, 9.17) is 10.5 Å². The number of likely N-dealkylation sites (tertiary alicyclic amines) is 1. The van der Waals surface area contributed by atoms with E-state index >= 15 is 0 Å². The van der Waals surface area contributed by atoms with Crippen molar-refractivity contribution in [2.75, 3.05) is 26.2 Å². The Labute approximate surface area is 93.0 Å². The molecule has 0 amide bonds. The molecular weight excluding hydrogens is 188 g/mol. The van der Waals surface area contributed by atoms with Crippen molar-refractivity contribution in [1.29, 1.82) is 0 Å². The van der Waals surface area contributed by atoms with Crippen LogP contribution >= 0.6 is 0 Å². The zero-order valence-corrected chi connectivity index (χ0v) is 9.82. The van der Waals surface area contributed by atoms with Crippen LogP contribution in [0.5, 0.6) is 0 Å². The lowest BCUT2D eigenvalue weighted by atomic mass is 10.0. The van der Waals surface area contributed by atoms with Gasteiger partial charge in [0.15, 0.2) is 0 Å². The highest BCUT2D eigenvalue weighted by Gasteiger charge is 2.31. The minimum atomic E-state index is 0.501. The molecule has 2 N–H and O–H groups in total. The Morgan fingerprint density at radius 3 is 2.93 bits per heavy atom. The van der Waals surface area contributed by atoms with E-state index in [0.717, 1.165) is 31.5 Å². The molecule has 2 saturated heterocycles. The lowest BCUT2D eigenvalue weighted by molar-refractivity contribution is -0.0242. The zero-order chi connectivity index (χ0) is 10.7. The molecule has 0 spiro atoms. The van der Waals surface area contributed by atoms with Gasteiger partial charge in [0.25, 0.3) is 0 Å². The molecule has 0 saturated carbocycles. The lowest BCUT2D eigenvalue weighted by Gasteiger charge is -2.35. The van der Waals surface area contributed by atoms with E-state index in [1.165, 1.54) is 32.4 Å². The monoisotopic (exact) mass is 212 g/mol. The second kappa shape index (κ2) is 5.28. The number of hydrogen-bond acceptors (Lipinski definition) is 3. The van der Waals surface area contributed by atoms with Crippen LogP contribution in [0, 0.1) is 5.92 Å². The van der Waals surface area contributed by atoms with Crippen molar-refractivity contribution in [3.8, 4) is 0 Å². The molecule has 15 heavy (non-hydrogen) atoms. The predicted molar refractivity (Wildman–Crippen MR) is 61.8 cm³/mol. The van der Waals surface area contributed by atoms with Crippen LogP contribution in [-0.2, 0) is 4.74 Å². The fraction of sp³-hybridized carbons (Fsp3) is 1.00. The summed E-state index contributed by atoms with van der Waals surface area (Å²) < 4.78 is 5.72. The first-order chi connectivity index (χ1) is 7.33. The summed E-state index contributed by atoms with van der Waals surface area (Å²) in [5.41, 5.74) is 5.73. The maximum atomic E-state index is 5.73. The van der Waals surface area contributed by atoms with Crippen LogP contribution in [-0.4, -0.2) is 43.3 Å². The van der Waals surface area contributed by atoms with E-state index in [1.807, 2.05) is 0 Å². The SMILES string of the molecule is CCC1CC(N2CCC(CN)C2)CCO1. The summed E-state index contributed by atoms with van der Waals surface area (Å²) >= 11 is 0. The van der Waals surface area contributed by atoms with Gasteiger partial charge in [0.2, 0.25) is 0 Å². The smallest absolute Gasteiger partial charge is 0.0587 e. The summed E-state index contributed by atoms with van der Waals surface area (Å²) in [5, 5.41) is 0. The summed E-state index contributed by atoms with van der Waals surface area (Å²) in [6, 6.07) is 0.764. The first-order valence-corrected chi connectivity index (χ1v) is 6.39. The maximum absolute atomic E-state index is 5.73. The summed E-state index contributed by atoms with van der Waals surface area (Å²) in [6.45, 7) is 6.50. The number of ether oxygens (including phenoxy) is 1. The van der Waals surface area contributed by atoms with Crippen LogP contribution in [0.1, 0.15) is 32.6 Å². The van der Waals surface area contributed by atoms with Crippen LogP contribution in [0.4, 0.5) is 0 Å². The zero-order valence-electron chi connectivity index (χ0n) is 9.82. The molecule has 3 nitrogen and oxygen atoms in total. The molecule has 2 fully saturated rings. The molecule has 2 aliphatic heterocycles. The average molecular weight is 212 g/mol. The molecule has 88 valence electrons. The van der Waals surface area contributed by atoms with E-state index in [1.54, 1.807) is 0 Å². The van der Waals surface area contributed by atoms with Crippen molar-refractivity contribution in [3.63, 3.8) is 0 Å². The van der Waals surface area contributed by atoms with Crippen molar-refractivity contribution in [2.24, 2.45) is 11.7 Å². The van der Waals surface area contributed by atoms with Gasteiger partial charge in [-0.05, 0) is 44.7 Å². The Hall–Kier alpha value is -0.120. The molecular formula is C12H24N2O. The van der Waals surface area contributed by atoms with Crippen LogP contribution < -0.4 is 5.73 Å². The van der Waals surface area contributed by atoms with Crippen LogP contribution in [0.3, 0.4) is 0 Å². The Morgan fingerprint density at radius 2 is 2.27 bits per heavy atom. The largest absolute Gasteiger partial charge is 0.378 e. The molecule has 2 rings (SSSR count). The number of hydrogen-bond donors (Lipinski definition) is 1. The van der Waals surface area contributed by atoms with E-state index < -0.39 is 0 Å². The van der Waals surface area contributed by atoms with Crippen LogP contribution in [0.25, 0.3) is 0 Å². The number of nitrogens with zero attached hydrogens (tertiary/aromatic N) is 1. The second-order valence-electron chi connectivity index (χ2n) is 4.96. The summed E-state index contributed by atoms with van der Waals surface area (Å²) in [5.74, 6) is 0.743. The Kier molecular flexibility index (Phi) is 4.00. The molecule has 0 bridgehead atoms. The Morgan fingerprint density at radius 1 is 1.40 bits per heavy atom. The van der Waals surface area contributed by atoms with Gasteiger partial charge in [-0.25, -0.2) is 0 Å². The molecule has 0 aromatic rings. The van der Waals surface area contributed by atoms with Gasteiger partial charge in [-0.15, -0.1) is 0 Å². The molecule has 2 heterocycles. The van der Waals surface area contributed by atoms with Gasteiger partial charge < -0.3 is 10.5 Å². The number of rotatable bonds is 3. The highest BCUT2D eigenvalue weighted by molar-refractivity contribution is 4.85. The maximum Gasteiger partial charge on any atom is 0.0587 e. The predicted octanol–water partition coefficient (Wildman–Crippen LogP) is 1.22. The highest BCUT2D eigenvalue weighted by Crippen LogP contribution is 2.26. The van der Waals surface area contributed by atoms with Gasteiger partial charge in [-0.1, -0.05) is 6.92 Å². The quantitative estimate of drug-likeness (QED) is 0.764. The van der Waals surface area contributed by atoms with Crippen molar-refractivity contribution >= 4 is 0 Å². The molecule has 3 atom stereocenters.